The van der Waals surface area contributed by atoms with Crippen molar-refractivity contribution in [1.82, 2.24) is 10.3 Å². The van der Waals surface area contributed by atoms with Gasteiger partial charge in [0.05, 0.1) is 0 Å². The quantitative estimate of drug-likeness (QED) is 0.717. The summed E-state index contributed by atoms with van der Waals surface area (Å²) in [6.45, 7) is 2.44. The standard InChI is InChI=1S/C18H17N3O2S/c1-12(16-6-3-9-24-16)10-20-17(22)18(23)21-15-5-2-4-13-11-19-8-7-14(13)15/h2-9,11-12H,10H2,1H3,(H,20,22)(H,21,23)/t12-/m1/s1. The molecule has 0 aliphatic heterocycles. The van der Waals surface area contributed by atoms with Gasteiger partial charge >= 0.3 is 11.8 Å². The highest BCUT2D eigenvalue weighted by atomic mass is 32.1. The van der Waals surface area contributed by atoms with Crippen LogP contribution in [0.4, 0.5) is 5.69 Å². The van der Waals surface area contributed by atoms with Crippen molar-refractivity contribution in [2.24, 2.45) is 0 Å². The lowest BCUT2D eigenvalue weighted by Gasteiger charge is -2.12. The Morgan fingerprint density at radius 3 is 2.83 bits per heavy atom. The summed E-state index contributed by atoms with van der Waals surface area (Å²) in [7, 11) is 0. The van der Waals surface area contributed by atoms with Crippen LogP contribution in [-0.2, 0) is 9.59 Å². The Hall–Kier alpha value is -2.73. The minimum absolute atomic E-state index is 0.172. The van der Waals surface area contributed by atoms with E-state index < -0.39 is 11.8 Å². The molecule has 5 nitrogen and oxygen atoms in total. The summed E-state index contributed by atoms with van der Waals surface area (Å²) in [5.74, 6) is -1.13. The van der Waals surface area contributed by atoms with Crippen LogP contribution in [0.2, 0.25) is 0 Å². The number of nitrogens with zero attached hydrogens (tertiary/aromatic N) is 1. The van der Waals surface area contributed by atoms with Gasteiger partial charge in [-0.2, -0.15) is 0 Å². The maximum Gasteiger partial charge on any atom is 0.313 e. The molecule has 0 unspecified atom stereocenters. The highest BCUT2D eigenvalue weighted by Crippen LogP contribution is 2.22. The van der Waals surface area contributed by atoms with Gasteiger partial charge < -0.3 is 10.6 Å². The molecular formula is C18H17N3O2S. The number of carbonyl (C=O) groups excluding carboxylic acids is 2. The summed E-state index contributed by atoms with van der Waals surface area (Å²) < 4.78 is 0. The number of aromatic nitrogens is 1. The Morgan fingerprint density at radius 2 is 2.04 bits per heavy atom. The van der Waals surface area contributed by atoms with E-state index in [9.17, 15) is 9.59 Å². The van der Waals surface area contributed by atoms with Gasteiger partial charge in [0.2, 0.25) is 0 Å². The number of amides is 2. The summed E-state index contributed by atoms with van der Waals surface area (Å²) in [4.78, 5) is 29.4. The largest absolute Gasteiger partial charge is 0.347 e. The van der Waals surface area contributed by atoms with Gasteiger partial charge in [0.25, 0.3) is 0 Å². The average molecular weight is 339 g/mol. The molecule has 0 aliphatic carbocycles. The van der Waals surface area contributed by atoms with E-state index >= 15 is 0 Å². The molecule has 3 aromatic rings. The van der Waals surface area contributed by atoms with Gasteiger partial charge in [-0.1, -0.05) is 25.1 Å². The molecule has 3 rings (SSSR count). The molecule has 0 saturated heterocycles. The fourth-order valence-corrected chi connectivity index (χ4v) is 3.20. The zero-order valence-corrected chi connectivity index (χ0v) is 14.0. The van der Waals surface area contributed by atoms with Gasteiger partial charge in [0.15, 0.2) is 0 Å². The van der Waals surface area contributed by atoms with Crippen molar-refractivity contribution in [2.45, 2.75) is 12.8 Å². The molecule has 0 spiro atoms. The first kappa shape index (κ1) is 16.1. The molecule has 2 aromatic heterocycles. The number of carbonyl (C=O) groups is 2. The van der Waals surface area contributed by atoms with E-state index in [1.54, 1.807) is 29.8 Å². The number of hydrogen-bond acceptors (Lipinski definition) is 4. The van der Waals surface area contributed by atoms with Crippen molar-refractivity contribution in [3.63, 3.8) is 0 Å². The van der Waals surface area contributed by atoms with Crippen molar-refractivity contribution in [1.29, 1.82) is 0 Å². The maximum atomic E-state index is 12.1. The van der Waals surface area contributed by atoms with Gasteiger partial charge in [0, 0.05) is 46.2 Å². The number of hydrogen-bond donors (Lipinski definition) is 2. The smallest absolute Gasteiger partial charge is 0.313 e. The van der Waals surface area contributed by atoms with Crippen molar-refractivity contribution in [3.8, 4) is 0 Å². The zero-order valence-electron chi connectivity index (χ0n) is 13.2. The molecule has 1 aromatic carbocycles. The number of anilines is 1. The molecule has 122 valence electrons. The SMILES string of the molecule is C[C@H](CNC(=O)C(=O)Nc1cccc2cnccc12)c1cccs1. The van der Waals surface area contributed by atoms with Gasteiger partial charge in [0.1, 0.15) is 0 Å². The number of pyridine rings is 1. The Morgan fingerprint density at radius 1 is 1.17 bits per heavy atom. The topological polar surface area (TPSA) is 71.1 Å². The highest BCUT2D eigenvalue weighted by molar-refractivity contribution is 7.10. The lowest BCUT2D eigenvalue weighted by molar-refractivity contribution is -0.136. The predicted octanol–water partition coefficient (Wildman–Crippen LogP) is 3.15. The van der Waals surface area contributed by atoms with Crippen LogP contribution in [0.5, 0.6) is 0 Å². The Labute approximate surface area is 143 Å². The fourth-order valence-electron chi connectivity index (χ4n) is 2.41. The number of nitrogens with one attached hydrogen (secondary N) is 2. The number of benzene rings is 1. The first-order valence-corrected chi connectivity index (χ1v) is 8.48. The normalized spacial score (nSPS) is 11.9. The van der Waals surface area contributed by atoms with Crippen LogP contribution in [0, 0.1) is 0 Å². The third-order valence-corrected chi connectivity index (χ3v) is 4.84. The van der Waals surface area contributed by atoms with Crippen LogP contribution in [0.3, 0.4) is 0 Å². The van der Waals surface area contributed by atoms with Crippen LogP contribution in [0.25, 0.3) is 10.8 Å². The zero-order chi connectivity index (χ0) is 16.9. The van der Waals surface area contributed by atoms with Gasteiger partial charge in [-0.15, -0.1) is 11.3 Å². The van der Waals surface area contributed by atoms with E-state index in [-0.39, 0.29) is 5.92 Å². The summed E-state index contributed by atoms with van der Waals surface area (Å²) in [5.41, 5.74) is 0.598. The molecule has 2 amide bonds. The van der Waals surface area contributed by atoms with Crippen LogP contribution in [0.15, 0.2) is 54.2 Å². The predicted molar refractivity (Wildman–Crippen MR) is 96.1 cm³/mol. The van der Waals surface area contributed by atoms with Crippen molar-refractivity contribution >= 4 is 39.6 Å². The van der Waals surface area contributed by atoms with E-state index in [0.29, 0.717) is 12.2 Å². The first-order chi connectivity index (χ1) is 11.6. The monoisotopic (exact) mass is 339 g/mol. The molecule has 6 heteroatoms. The van der Waals surface area contributed by atoms with E-state index in [1.807, 2.05) is 42.6 Å². The Bertz CT molecular complexity index is 856. The second kappa shape index (κ2) is 7.23. The number of fused-ring (bicyclic) bond motifs is 1. The first-order valence-electron chi connectivity index (χ1n) is 7.60. The van der Waals surface area contributed by atoms with Crippen molar-refractivity contribution < 1.29 is 9.59 Å². The van der Waals surface area contributed by atoms with E-state index in [0.717, 1.165) is 10.8 Å². The third kappa shape index (κ3) is 3.60. The second-order valence-corrected chi connectivity index (χ2v) is 6.46. The van der Waals surface area contributed by atoms with E-state index in [4.69, 9.17) is 0 Å². The van der Waals surface area contributed by atoms with Crippen LogP contribution in [0.1, 0.15) is 17.7 Å². The van der Waals surface area contributed by atoms with Crippen LogP contribution in [-0.4, -0.2) is 23.3 Å². The average Bonchev–Trinajstić information content (AvgIpc) is 3.14. The molecule has 0 aliphatic rings. The van der Waals surface area contributed by atoms with Gasteiger partial charge in [-0.3, -0.25) is 14.6 Å². The Kier molecular flexibility index (Phi) is 4.86. The van der Waals surface area contributed by atoms with Crippen molar-refractivity contribution in [3.05, 3.63) is 59.0 Å². The van der Waals surface area contributed by atoms with Crippen LogP contribution >= 0.6 is 11.3 Å². The van der Waals surface area contributed by atoms with Gasteiger partial charge in [-0.25, -0.2) is 0 Å². The molecule has 0 radical (unpaired) electrons. The van der Waals surface area contributed by atoms with E-state index in [1.165, 1.54) is 4.88 Å². The lowest BCUT2D eigenvalue weighted by atomic mass is 10.1. The number of thiophene rings is 1. The third-order valence-electron chi connectivity index (χ3n) is 3.73. The summed E-state index contributed by atoms with van der Waals surface area (Å²) in [6, 6.07) is 11.3. The summed E-state index contributed by atoms with van der Waals surface area (Å²) >= 11 is 1.64. The molecule has 1 atom stereocenters. The molecule has 0 saturated carbocycles. The molecule has 2 heterocycles. The van der Waals surface area contributed by atoms with Crippen LogP contribution < -0.4 is 10.6 Å². The molecule has 0 bridgehead atoms. The minimum Gasteiger partial charge on any atom is -0.347 e. The summed E-state index contributed by atoms with van der Waals surface area (Å²) in [5, 5.41) is 9.10. The van der Waals surface area contributed by atoms with E-state index in [2.05, 4.69) is 15.6 Å². The second-order valence-electron chi connectivity index (χ2n) is 5.48. The molecule has 0 fully saturated rings. The summed E-state index contributed by atoms with van der Waals surface area (Å²) in [6.07, 6.45) is 3.37. The molecule has 2 N–H and O–H groups in total. The molecule has 24 heavy (non-hydrogen) atoms. The Balaban J connectivity index is 1.62. The fraction of sp³-hybridized carbons (Fsp3) is 0.167. The lowest BCUT2D eigenvalue weighted by Crippen LogP contribution is -2.37. The number of rotatable bonds is 4. The molecular weight excluding hydrogens is 322 g/mol. The minimum atomic E-state index is -0.669. The van der Waals surface area contributed by atoms with Gasteiger partial charge in [-0.05, 0) is 23.6 Å². The highest BCUT2D eigenvalue weighted by Gasteiger charge is 2.16. The maximum absolute atomic E-state index is 12.1. The van der Waals surface area contributed by atoms with Crippen molar-refractivity contribution in [2.75, 3.05) is 11.9 Å².